The van der Waals surface area contributed by atoms with E-state index in [1.807, 2.05) is 0 Å². The van der Waals surface area contributed by atoms with E-state index >= 15 is 0 Å². The first-order chi connectivity index (χ1) is 9.01. The Morgan fingerprint density at radius 1 is 1.00 bits per heavy atom. The molecule has 0 aliphatic rings. The van der Waals surface area contributed by atoms with E-state index < -0.39 is 23.2 Å². The lowest BCUT2D eigenvalue weighted by atomic mass is 10.2. The molecule has 0 aromatic heterocycles. The van der Waals surface area contributed by atoms with Crippen LogP contribution in [0.1, 0.15) is 5.56 Å². The fourth-order valence-electron chi connectivity index (χ4n) is 1.49. The zero-order chi connectivity index (χ0) is 14.0. The summed E-state index contributed by atoms with van der Waals surface area (Å²) in [6.07, 6.45) is 0. The number of ether oxygens (including phenoxy) is 1. The molecule has 0 spiro atoms. The van der Waals surface area contributed by atoms with Crippen molar-refractivity contribution in [3.63, 3.8) is 0 Å². The molecular weight excluding hydrogens is 323 g/mol. The van der Waals surface area contributed by atoms with Gasteiger partial charge in [-0.25, -0.2) is 13.2 Å². The van der Waals surface area contributed by atoms with Crippen molar-refractivity contribution >= 4 is 15.9 Å². The van der Waals surface area contributed by atoms with Crippen molar-refractivity contribution in [2.24, 2.45) is 5.73 Å². The smallest absolute Gasteiger partial charge is 0.198 e. The molecule has 2 nitrogen and oxygen atoms in total. The number of rotatable bonds is 3. The van der Waals surface area contributed by atoms with E-state index in [1.54, 1.807) is 0 Å². The van der Waals surface area contributed by atoms with Gasteiger partial charge in [-0.05, 0) is 35.9 Å². The van der Waals surface area contributed by atoms with Crippen molar-refractivity contribution in [2.75, 3.05) is 0 Å². The highest BCUT2D eigenvalue weighted by atomic mass is 79.9. The van der Waals surface area contributed by atoms with Gasteiger partial charge in [0.2, 0.25) is 0 Å². The van der Waals surface area contributed by atoms with Crippen LogP contribution in [-0.2, 0) is 6.54 Å². The Morgan fingerprint density at radius 3 is 2.21 bits per heavy atom. The van der Waals surface area contributed by atoms with E-state index in [2.05, 4.69) is 15.9 Å². The molecule has 2 rings (SSSR count). The van der Waals surface area contributed by atoms with E-state index in [4.69, 9.17) is 10.5 Å². The van der Waals surface area contributed by atoms with Crippen LogP contribution < -0.4 is 10.5 Å². The second kappa shape index (κ2) is 5.63. The maximum Gasteiger partial charge on any atom is 0.198 e. The number of hydrogen-bond acceptors (Lipinski definition) is 2. The van der Waals surface area contributed by atoms with E-state index in [-0.39, 0.29) is 17.9 Å². The topological polar surface area (TPSA) is 35.2 Å². The van der Waals surface area contributed by atoms with E-state index in [9.17, 15) is 13.2 Å². The van der Waals surface area contributed by atoms with Gasteiger partial charge in [0.15, 0.2) is 29.0 Å². The van der Waals surface area contributed by atoms with Crippen LogP contribution in [0.4, 0.5) is 13.2 Å². The SMILES string of the molecule is NCc1cc(F)c(Oc2cc(Br)ccc2F)c(F)c1. The van der Waals surface area contributed by atoms with Crippen LogP contribution in [0.15, 0.2) is 34.8 Å². The van der Waals surface area contributed by atoms with Crippen LogP contribution in [0.25, 0.3) is 0 Å². The zero-order valence-electron chi connectivity index (χ0n) is 9.59. The summed E-state index contributed by atoms with van der Waals surface area (Å²) in [4.78, 5) is 0. The van der Waals surface area contributed by atoms with Gasteiger partial charge in [-0.3, -0.25) is 0 Å². The molecule has 2 aromatic rings. The highest BCUT2D eigenvalue weighted by Crippen LogP contribution is 2.31. The first-order valence-corrected chi connectivity index (χ1v) is 6.11. The fourth-order valence-corrected chi connectivity index (χ4v) is 1.83. The summed E-state index contributed by atoms with van der Waals surface area (Å²) in [6, 6.07) is 5.96. The lowest BCUT2D eigenvalue weighted by molar-refractivity contribution is 0.386. The largest absolute Gasteiger partial charge is 0.448 e. The molecule has 0 aliphatic carbocycles. The third kappa shape index (κ3) is 3.08. The predicted octanol–water partition coefficient (Wildman–Crippen LogP) is 4.12. The summed E-state index contributed by atoms with van der Waals surface area (Å²) in [5.41, 5.74) is 5.58. The van der Waals surface area contributed by atoms with E-state index in [0.29, 0.717) is 4.47 Å². The molecule has 0 fully saturated rings. The maximum atomic E-state index is 13.7. The van der Waals surface area contributed by atoms with Crippen LogP contribution >= 0.6 is 15.9 Å². The third-order valence-electron chi connectivity index (χ3n) is 2.40. The maximum absolute atomic E-state index is 13.7. The molecule has 0 unspecified atom stereocenters. The molecule has 0 heterocycles. The van der Waals surface area contributed by atoms with Crippen LogP contribution in [0.3, 0.4) is 0 Å². The van der Waals surface area contributed by atoms with Crippen molar-refractivity contribution in [3.8, 4) is 11.5 Å². The molecule has 0 bridgehead atoms. The summed E-state index contributed by atoms with van der Waals surface area (Å²) >= 11 is 3.12. The Balaban J connectivity index is 2.41. The molecule has 0 radical (unpaired) electrons. The van der Waals surface area contributed by atoms with E-state index in [1.165, 1.54) is 12.1 Å². The highest BCUT2D eigenvalue weighted by molar-refractivity contribution is 9.10. The van der Waals surface area contributed by atoms with Crippen molar-refractivity contribution in [1.29, 1.82) is 0 Å². The summed E-state index contributed by atoms with van der Waals surface area (Å²) in [7, 11) is 0. The van der Waals surface area contributed by atoms with Crippen LogP contribution in [0.5, 0.6) is 11.5 Å². The molecule has 0 amide bonds. The molecule has 0 aliphatic heterocycles. The van der Waals surface area contributed by atoms with E-state index in [0.717, 1.165) is 18.2 Å². The molecule has 19 heavy (non-hydrogen) atoms. The number of benzene rings is 2. The van der Waals surface area contributed by atoms with Crippen LogP contribution in [-0.4, -0.2) is 0 Å². The second-order valence-electron chi connectivity index (χ2n) is 3.77. The molecule has 2 N–H and O–H groups in total. The molecular formula is C13H9BrF3NO. The molecule has 0 saturated carbocycles. The average molecular weight is 332 g/mol. The Kier molecular flexibility index (Phi) is 4.11. The average Bonchev–Trinajstić information content (AvgIpc) is 2.37. The molecule has 0 saturated heterocycles. The summed E-state index contributed by atoms with van der Waals surface area (Å²) < 4.78 is 46.3. The highest BCUT2D eigenvalue weighted by Gasteiger charge is 2.15. The van der Waals surface area contributed by atoms with Gasteiger partial charge >= 0.3 is 0 Å². The predicted molar refractivity (Wildman–Crippen MR) is 68.4 cm³/mol. The van der Waals surface area contributed by atoms with Gasteiger partial charge < -0.3 is 10.5 Å². The van der Waals surface area contributed by atoms with Crippen molar-refractivity contribution < 1.29 is 17.9 Å². The third-order valence-corrected chi connectivity index (χ3v) is 2.89. The quantitative estimate of drug-likeness (QED) is 0.918. The Morgan fingerprint density at radius 2 is 1.63 bits per heavy atom. The normalized spacial score (nSPS) is 10.6. The Labute approximate surface area is 116 Å². The first kappa shape index (κ1) is 13.9. The molecule has 100 valence electrons. The second-order valence-corrected chi connectivity index (χ2v) is 4.69. The van der Waals surface area contributed by atoms with Crippen molar-refractivity contribution in [2.45, 2.75) is 6.54 Å². The fraction of sp³-hybridized carbons (Fsp3) is 0.0769. The summed E-state index contributed by atoms with van der Waals surface area (Å²) in [5, 5.41) is 0. The Hall–Kier alpha value is -1.53. The van der Waals surface area contributed by atoms with Crippen LogP contribution in [0, 0.1) is 17.5 Å². The minimum Gasteiger partial charge on any atom is -0.448 e. The number of nitrogens with two attached hydrogens (primary N) is 1. The van der Waals surface area contributed by atoms with Gasteiger partial charge in [-0.1, -0.05) is 15.9 Å². The van der Waals surface area contributed by atoms with Gasteiger partial charge in [0.05, 0.1) is 0 Å². The van der Waals surface area contributed by atoms with Gasteiger partial charge in [0.25, 0.3) is 0 Å². The van der Waals surface area contributed by atoms with Crippen molar-refractivity contribution in [3.05, 3.63) is 57.8 Å². The standard InChI is InChI=1S/C13H9BrF3NO/c14-8-1-2-9(15)12(5-8)19-13-10(16)3-7(6-18)4-11(13)17/h1-5H,6,18H2. The minimum absolute atomic E-state index is 0.000629. The summed E-state index contributed by atoms with van der Waals surface area (Å²) in [5.74, 6) is -3.51. The van der Waals surface area contributed by atoms with Crippen molar-refractivity contribution in [1.82, 2.24) is 0 Å². The molecule has 0 atom stereocenters. The van der Waals surface area contributed by atoms with Gasteiger partial charge in [0.1, 0.15) is 0 Å². The number of halogens is 4. The van der Waals surface area contributed by atoms with Crippen LogP contribution in [0.2, 0.25) is 0 Å². The Bertz CT molecular complexity index is 596. The zero-order valence-corrected chi connectivity index (χ0v) is 11.2. The molecule has 6 heteroatoms. The minimum atomic E-state index is -0.931. The lowest BCUT2D eigenvalue weighted by Gasteiger charge is -2.10. The van der Waals surface area contributed by atoms with Gasteiger partial charge in [-0.2, -0.15) is 0 Å². The monoisotopic (exact) mass is 331 g/mol. The first-order valence-electron chi connectivity index (χ1n) is 5.32. The van der Waals surface area contributed by atoms with Gasteiger partial charge in [0, 0.05) is 11.0 Å². The number of hydrogen-bond donors (Lipinski definition) is 1. The van der Waals surface area contributed by atoms with Gasteiger partial charge in [-0.15, -0.1) is 0 Å². The molecule has 2 aromatic carbocycles. The summed E-state index contributed by atoms with van der Waals surface area (Å²) in [6.45, 7) is -0.000629. The lowest BCUT2D eigenvalue weighted by Crippen LogP contribution is -2.01.